The summed E-state index contributed by atoms with van der Waals surface area (Å²) in [6.07, 6.45) is 1.47. The molecule has 6 heteroatoms. The van der Waals surface area contributed by atoms with Crippen molar-refractivity contribution in [3.05, 3.63) is 62.7 Å². The van der Waals surface area contributed by atoms with E-state index in [0.29, 0.717) is 17.9 Å². The lowest BCUT2D eigenvalue weighted by Crippen LogP contribution is -1.98. The molecule has 4 nitrogen and oxygen atoms in total. The summed E-state index contributed by atoms with van der Waals surface area (Å²) >= 11 is 7.03. The minimum absolute atomic E-state index is 0.0938. The van der Waals surface area contributed by atoms with Crippen LogP contribution in [0.1, 0.15) is 24.6 Å². The van der Waals surface area contributed by atoms with Crippen LogP contribution in [0.15, 0.2) is 51.4 Å². The van der Waals surface area contributed by atoms with Gasteiger partial charge >= 0.3 is 5.97 Å². The van der Waals surface area contributed by atoms with Crippen LogP contribution >= 0.6 is 31.9 Å². The lowest BCUT2D eigenvalue weighted by Gasteiger charge is -2.12. The highest BCUT2D eigenvalue weighted by molar-refractivity contribution is 9.11. The van der Waals surface area contributed by atoms with Crippen molar-refractivity contribution < 1.29 is 14.6 Å². The van der Waals surface area contributed by atoms with E-state index in [-0.39, 0.29) is 6.42 Å². The first-order valence-corrected chi connectivity index (χ1v) is 9.82. The Hall–Kier alpha value is -1.92. The SMILES string of the molecule is CCc1ccc2cc(Oc3c(Br)cc(CCC(=O)O)cc3Br)ccc2n1. The van der Waals surface area contributed by atoms with Gasteiger partial charge in [-0.05, 0) is 86.7 Å². The van der Waals surface area contributed by atoms with Crippen LogP contribution in [-0.4, -0.2) is 16.1 Å². The number of rotatable bonds is 6. The molecule has 0 saturated heterocycles. The number of benzene rings is 2. The Labute approximate surface area is 168 Å². The number of halogens is 2. The van der Waals surface area contributed by atoms with Gasteiger partial charge in [0.25, 0.3) is 0 Å². The fourth-order valence-electron chi connectivity index (χ4n) is 2.63. The number of carboxylic acid groups (broad SMARTS) is 1. The van der Waals surface area contributed by atoms with Crippen molar-refractivity contribution in [2.75, 3.05) is 0 Å². The third-order valence-electron chi connectivity index (χ3n) is 3.99. The Morgan fingerprint density at radius 3 is 2.50 bits per heavy atom. The van der Waals surface area contributed by atoms with Crippen LogP contribution in [0.4, 0.5) is 0 Å². The minimum Gasteiger partial charge on any atom is -0.481 e. The van der Waals surface area contributed by atoms with Crippen molar-refractivity contribution >= 4 is 48.7 Å². The van der Waals surface area contributed by atoms with Gasteiger partial charge in [0.05, 0.1) is 14.5 Å². The quantitative estimate of drug-likeness (QED) is 0.462. The Morgan fingerprint density at radius 1 is 1.12 bits per heavy atom. The van der Waals surface area contributed by atoms with E-state index in [1.165, 1.54) is 0 Å². The lowest BCUT2D eigenvalue weighted by atomic mass is 10.1. The van der Waals surface area contributed by atoms with E-state index in [2.05, 4.69) is 43.8 Å². The molecule has 26 heavy (non-hydrogen) atoms. The molecule has 3 aromatic rings. The number of aromatic nitrogens is 1. The van der Waals surface area contributed by atoms with Gasteiger partial charge in [-0.3, -0.25) is 9.78 Å². The summed E-state index contributed by atoms with van der Waals surface area (Å²) in [7, 11) is 0. The predicted octanol–water partition coefficient (Wildman–Crippen LogP) is 6.13. The number of carbonyl (C=O) groups is 1. The number of hydrogen-bond donors (Lipinski definition) is 1. The monoisotopic (exact) mass is 477 g/mol. The van der Waals surface area contributed by atoms with E-state index < -0.39 is 5.97 Å². The molecule has 0 saturated carbocycles. The molecule has 0 spiro atoms. The van der Waals surface area contributed by atoms with Gasteiger partial charge in [0.2, 0.25) is 0 Å². The molecule has 0 radical (unpaired) electrons. The molecule has 134 valence electrons. The highest BCUT2D eigenvalue weighted by Crippen LogP contribution is 2.38. The summed E-state index contributed by atoms with van der Waals surface area (Å²) < 4.78 is 7.59. The second-order valence-corrected chi connectivity index (χ2v) is 7.60. The zero-order valence-electron chi connectivity index (χ0n) is 14.1. The van der Waals surface area contributed by atoms with Crippen molar-refractivity contribution in [3.63, 3.8) is 0 Å². The zero-order valence-corrected chi connectivity index (χ0v) is 17.3. The lowest BCUT2D eigenvalue weighted by molar-refractivity contribution is -0.136. The Bertz CT molecular complexity index is 949. The van der Waals surface area contributed by atoms with Crippen molar-refractivity contribution in [3.8, 4) is 11.5 Å². The van der Waals surface area contributed by atoms with E-state index in [1.807, 2.05) is 42.5 Å². The molecule has 3 rings (SSSR count). The maximum atomic E-state index is 10.7. The zero-order chi connectivity index (χ0) is 18.7. The maximum Gasteiger partial charge on any atom is 0.303 e. The third-order valence-corrected chi connectivity index (χ3v) is 5.16. The van der Waals surface area contributed by atoms with Crippen molar-refractivity contribution in [2.24, 2.45) is 0 Å². The summed E-state index contributed by atoms with van der Waals surface area (Å²) in [4.78, 5) is 15.3. The van der Waals surface area contributed by atoms with Crippen LogP contribution < -0.4 is 4.74 Å². The molecule has 0 bridgehead atoms. The first-order valence-electron chi connectivity index (χ1n) is 8.23. The van der Waals surface area contributed by atoms with E-state index in [4.69, 9.17) is 9.84 Å². The van der Waals surface area contributed by atoms with Crippen molar-refractivity contribution in [1.29, 1.82) is 0 Å². The first-order chi connectivity index (χ1) is 12.5. The van der Waals surface area contributed by atoms with Crippen molar-refractivity contribution in [1.82, 2.24) is 4.98 Å². The molecule has 2 aromatic carbocycles. The topological polar surface area (TPSA) is 59.4 Å². The summed E-state index contributed by atoms with van der Waals surface area (Å²) in [6.45, 7) is 2.08. The summed E-state index contributed by atoms with van der Waals surface area (Å²) in [5.41, 5.74) is 2.93. The number of aliphatic carboxylic acids is 1. The molecule has 0 amide bonds. The van der Waals surface area contributed by atoms with Gasteiger partial charge < -0.3 is 9.84 Å². The Kier molecular flexibility index (Phi) is 5.94. The Balaban J connectivity index is 1.86. The highest BCUT2D eigenvalue weighted by atomic mass is 79.9. The van der Waals surface area contributed by atoms with Crippen LogP contribution in [-0.2, 0) is 17.6 Å². The van der Waals surface area contributed by atoms with Gasteiger partial charge in [-0.1, -0.05) is 13.0 Å². The second kappa shape index (κ2) is 8.18. The predicted molar refractivity (Wildman–Crippen MR) is 109 cm³/mol. The maximum absolute atomic E-state index is 10.7. The van der Waals surface area contributed by atoms with Crippen LogP contribution in [0.25, 0.3) is 10.9 Å². The van der Waals surface area contributed by atoms with Gasteiger partial charge in [0.1, 0.15) is 5.75 Å². The third kappa shape index (κ3) is 4.43. The largest absolute Gasteiger partial charge is 0.481 e. The standard InChI is InChI=1S/C20H17Br2NO3/c1-2-14-5-4-13-11-15(6-7-18(13)23-14)26-20-16(21)9-12(10-17(20)22)3-8-19(24)25/h4-7,9-11H,2-3,8H2,1H3,(H,24,25). The molecule has 1 N–H and O–H groups in total. The number of nitrogens with zero attached hydrogens (tertiary/aromatic N) is 1. The average Bonchev–Trinajstić information content (AvgIpc) is 2.62. The summed E-state index contributed by atoms with van der Waals surface area (Å²) in [6, 6.07) is 13.7. The smallest absolute Gasteiger partial charge is 0.303 e. The fourth-order valence-corrected chi connectivity index (χ4v) is 4.07. The molecule has 0 unspecified atom stereocenters. The van der Waals surface area contributed by atoms with Crippen LogP contribution in [0.3, 0.4) is 0 Å². The number of hydrogen-bond acceptors (Lipinski definition) is 3. The van der Waals surface area contributed by atoms with E-state index in [9.17, 15) is 4.79 Å². The first kappa shape index (κ1) is 18.9. The van der Waals surface area contributed by atoms with E-state index in [1.54, 1.807) is 0 Å². The molecule has 1 aromatic heterocycles. The molecular weight excluding hydrogens is 462 g/mol. The fraction of sp³-hybridized carbons (Fsp3) is 0.200. The minimum atomic E-state index is -0.812. The molecular formula is C20H17Br2NO3. The summed E-state index contributed by atoms with van der Waals surface area (Å²) in [5.74, 6) is 0.554. The number of carboxylic acids is 1. The molecule has 0 aliphatic rings. The van der Waals surface area contributed by atoms with Gasteiger partial charge in [0, 0.05) is 17.5 Å². The molecule has 0 atom stereocenters. The van der Waals surface area contributed by atoms with E-state index >= 15 is 0 Å². The van der Waals surface area contributed by atoms with Crippen LogP contribution in [0, 0.1) is 0 Å². The molecule has 0 aliphatic carbocycles. The Morgan fingerprint density at radius 2 is 1.85 bits per heavy atom. The summed E-state index contributed by atoms with van der Waals surface area (Å²) in [5, 5.41) is 9.85. The van der Waals surface area contributed by atoms with Gasteiger partial charge in [-0.2, -0.15) is 0 Å². The van der Waals surface area contributed by atoms with Gasteiger partial charge in [-0.15, -0.1) is 0 Å². The number of pyridine rings is 1. The van der Waals surface area contributed by atoms with Crippen LogP contribution in [0.2, 0.25) is 0 Å². The highest BCUT2D eigenvalue weighted by Gasteiger charge is 2.12. The second-order valence-electron chi connectivity index (χ2n) is 5.90. The van der Waals surface area contributed by atoms with E-state index in [0.717, 1.165) is 37.5 Å². The molecule has 0 fully saturated rings. The number of ether oxygens (including phenoxy) is 1. The molecule has 0 aliphatic heterocycles. The van der Waals surface area contributed by atoms with Gasteiger partial charge in [0.15, 0.2) is 5.75 Å². The molecule has 1 heterocycles. The van der Waals surface area contributed by atoms with Gasteiger partial charge in [-0.25, -0.2) is 0 Å². The average molecular weight is 479 g/mol. The van der Waals surface area contributed by atoms with Crippen molar-refractivity contribution in [2.45, 2.75) is 26.2 Å². The normalized spacial score (nSPS) is 10.9. The van der Waals surface area contributed by atoms with Crippen LogP contribution in [0.5, 0.6) is 11.5 Å². The number of fused-ring (bicyclic) bond motifs is 1. The number of aryl methyl sites for hydroxylation is 2.